The van der Waals surface area contributed by atoms with E-state index in [0.717, 1.165) is 46.0 Å². The Kier molecular flexibility index (Phi) is 4.70. The quantitative estimate of drug-likeness (QED) is 0.389. The molecular weight excluding hydrogens is 323 g/mol. The minimum atomic E-state index is -0.225. The summed E-state index contributed by atoms with van der Waals surface area (Å²) in [6, 6.07) is 17.4. The second-order valence-corrected chi connectivity index (χ2v) is 6.88. The number of aromatic nitrogens is 2. The second-order valence-electron chi connectivity index (χ2n) is 6.88. The normalized spacial score (nSPS) is 11.5. The van der Waals surface area contributed by atoms with Crippen LogP contribution in [0.25, 0.3) is 33.2 Å². The molecule has 3 heteroatoms. The lowest BCUT2D eigenvalue weighted by atomic mass is 9.99. The van der Waals surface area contributed by atoms with Gasteiger partial charge in [-0.15, -0.1) is 0 Å². The molecule has 0 bridgehead atoms. The average Bonchev–Trinajstić information content (AvgIpc) is 3.03. The van der Waals surface area contributed by atoms with E-state index in [4.69, 9.17) is 4.98 Å². The summed E-state index contributed by atoms with van der Waals surface area (Å²) in [7, 11) is 0. The van der Waals surface area contributed by atoms with Crippen molar-refractivity contribution in [1.29, 1.82) is 0 Å². The van der Waals surface area contributed by atoms with Crippen molar-refractivity contribution >= 4 is 21.9 Å². The van der Waals surface area contributed by atoms with E-state index in [-0.39, 0.29) is 5.82 Å². The number of aryl methyl sites for hydroxylation is 1. The van der Waals surface area contributed by atoms with Crippen LogP contribution in [0.5, 0.6) is 0 Å². The minimum Gasteiger partial charge on any atom is -0.339 e. The van der Waals surface area contributed by atoms with Crippen molar-refractivity contribution in [3.63, 3.8) is 0 Å². The third-order valence-corrected chi connectivity index (χ3v) is 4.97. The molecule has 0 aliphatic carbocycles. The predicted molar refractivity (Wildman–Crippen MR) is 107 cm³/mol. The maximum atomic E-state index is 13.7. The van der Waals surface area contributed by atoms with Gasteiger partial charge < -0.3 is 4.98 Å². The number of hydrogen-bond donors (Lipinski definition) is 1. The highest BCUT2D eigenvalue weighted by Gasteiger charge is 2.13. The Morgan fingerprint density at radius 2 is 1.81 bits per heavy atom. The van der Waals surface area contributed by atoms with Crippen molar-refractivity contribution in [3.05, 3.63) is 66.0 Å². The minimum absolute atomic E-state index is 0.225. The summed E-state index contributed by atoms with van der Waals surface area (Å²) in [6.45, 7) is 2.23. The van der Waals surface area contributed by atoms with Crippen LogP contribution in [0.4, 0.5) is 4.39 Å². The molecule has 0 saturated heterocycles. The van der Waals surface area contributed by atoms with Crippen molar-refractivity contribution in [3.8, 4) is 11.3 Å². The van der Waals surface area contributed by atoms with E-state index >= 15 is 0 Å². The van der Waals surface area contributed by atoms with Crippen molar-refractivity contribution in [2.24, 2.45) is 0 Å². The van der Waals surface area contributed by atoms with Crippen LogP contribution >= 0.6 is 0 Å². The molecule has 0 radical (unpaired) electrons. The zero-order valence-corrected chi connectivity index (χ0v) is 15.1. The molecule has 0 fully saturated rings. The Morgan fingerprint density at radius 3 is 2.62 bits per heavy atom. The molecule has 0 saturated carbocycles. The van der Waals surface area contributed by atoms with Crippen LogP contribution in [0.15, 0.2) is 54.6 Å². The van der Waals surface area contributed by atoms with Gasteiger partial charge in [0.05, 0.1) is 11.2 Å². The molecule has 1 N–H and O–H groups in total. The van der Waals surface area contributed by atoms with Crippen molar-refractivity contribution in [2.45, 2.75) is 39.0 Å². The highest BCUT2D eigenvalue weighted by Crippen LogP contribution is 2.32. The van der Waals surface area contributed by atoms with E-state index < -0.39 is 0 Å². The highest BCUT2D eigenvalue weighted by atomic mass is 19.1. The summed E-state index contributed by atoms with van der Waals surface area (Å²) in [4.78, 5) is 8.16. The summed E-state index contributed by atoms with van der Waals surface area (Å²) in [5, 5.41) is 2.19. The number of hydrogen-bond acceptors (Lipinski definition) is 1. The van der Waals surface area contributed by atoms with E-state index in [9.17, 15) is 4.39 Å². The lowest BCUT2D eigenvalue weighted by Gasteiger charge is -2.08. The number of benzene rings is 2. The summed E-state index contributed by atoms with van der Waals surface area (Å²) >= 11 is 0. The number of halogens is 1. The van der Waals surface area contributed by atoms with E-state index in [1.807, 2.05) is 24.3 Å². The van der Waals surface area contributed by atoms with Gasteiger partial charge in [0.1, 0.15) is 11.5 Å². The van der Waals surface area contributed by atoms with Gasteiger partial charge in [-0.3, -0.25) is 0 Å². The Balaban J connectivity index is 1.86. The fourth-order valence-corrected chi connectivity index (χ4v) is 3.65. The molecule has 0 spiro atoms. The van der Waals surface area contributed by atoms with Gasteiger partial charge in [-0.2, -0.15) is 0 Å². The summed E-state index contributed by atoms with van der Waals surface area (Å²) in [5.74, 6) is -0.225. The van der Waals surface area contributed by atoms with Gasteiger partial charge in [0, 0.05) is 16.3 Å². The molecule has 0 unspecified atom stereocenters. The van der Waals surface area contributed by atoms with Crippen LogP contribution < -0.4 is 0 Å². The van der Waals surface area contributed by atoms with Gasteiger partial charge in [0.25, 0.3) is 0 Å². The standard InChI is InChI=1S/C23H23FN2/c1-2-3-4-6-11-17-14-20(16-9-7-5-8-10-16)25-23-22(17)19-13-12-18(24)15-21(19)26-23/h5,7-10,12-15H,2-4,6,11H2,1H3,(H,25,26). The van der Waals surface area contributed by atoms with Crippen LogP contribution in [0.1, 0.15) is 38.2 Å². The summed E-state index contributed by atoms with van der Waals surface area (Å²) in [5.41, 5.74) is 5.03. The van der Waals surface area contributed by atoms with Crippen molar-refractivity contribution < 1.29 is 4.39 Å². The number of aromatic amines is 1. The molecule has 0 atom stereocenters. The maximum Gasteiger partial charge on any atom is 0.139 e. The van der Waals surface area contributed by atoms with Crippen LogP contribution in [0, 0.1) is 5.82 Å². The van der Waals surface area contributed by atoms with E-state index in [0.29, 0.717) is 0 Å². The van der Waals surface area contributed by atoms with Crippen molar-refractivity contribution in [2.75, 3.05) is 0 Å². The number of nitrogens with zero attached hydrogens (tertiary/aromatic N) is 1. The van der Waals surface area contributed by atoms with Crippen LogP contribution in [-0.4, -0.2) is 9.97 Å². The topological polar surface area (TPSA) is 28.7 Å². The first-order valence-corrected chi connectivity index (χ1v) is 9.42. The van der Waals surface area contributed by atoms with Crippen LogP contribution in [-0.2, 0) is 6.42 Å². The van der Waals surface area contributed by atoms with Gasteiger partial charge in [0.2, 0.25) is 0 Å². The van der Waals surface area contributed by atoms with E-state index in [2.05, 4.69) is 30.1 Å². The molecular formula is C23H23FN2. The monoisotopic (exact) mass is 346 g/mol. The number of unbranched alkanes of at least 4 members (excludes halogenated alkanes) is 3. The fraction of sp³-hybridized carbons (Fsp3) is 0.261. The van der Waals surface area contributed by atoms with Gasteiger partial charge in [-0.25, -0.2) is 9.37 Å². The molecule has 2 aromatic carbocycles. The van der Waals surface area contributed by atoms with Crippen LogP contribution in [0.2, 0.25) is 0 Å². The average molecular weight is 346 g/mol. The van der Waals surface area contributed by atoms with E-state index in [1.54, 1.807) is 6.07 Å². The molecule has 0 aliphatic heterocycles. The number of H-pyrrole nitrogens is 1. The Bertz CT molecular complexity index is 1030. The smallest absolute Gasteiger partial charge is 0.139 e. The number of pyridine rings is 1. The molecule has 0 amide bonds. The van der Waals surface area contributed by atoms with Crippen molar-refractivity contribution in [1.82, 2.24) is 9.97 Å². The third kappa shape index (κ3) is 3.22. The molecule has 2 heterocycles. The third-order valence-electron chi connectivity index (χ3n) is 4.97. The Morgan fingerprint density at radius 1 is 0.962 bits per heavy atom. The highest BCUT2D eigenvalue weighted by molar-refractivity contribution is 6.08. The molecule has 4 rings (SSSR count). The van der Waals surface area contributed by atoms with Gasteiger partial charge in [-0.05, 0) is 42.7 Å². The first kappa shape index (κ1) is 16.8. The Labute approximate surface area is 153 Å². The zero-order chi connectivity index (χ0) is 17.9. The van der Waals surface area contributed by atoms with Gasteiger partial charge >= 0.3 is 0 Å². The number of rotatable bonds is 6. The van der Waals surface area contributed by atoms with Gasteiger partial charge in [-0.1, -0.05) is 56.5 Å². The lowest BCUT2D eigenvalue weighted by molar-refractivity contribution is 0.629. The molecule has 132 valence electrons. The van der Waals surface area contributed by atoms with E-state index in [1.165, 1.54) is 30.9 Å². The molecule has 0 aliphatic rings. The maximum absolute atomic E-state index is 13.7. The van der Waals surface area contributed by atoms with Gasteiger partial charge in [0.15, 0.2) is 0 Å². The fourth-order valence-electron chi connectivity index (χ4n) is 3.65. The zero-order valence-electron chi connectivity index (χ0n) is 15.1. The summed E-state index contributed by atoms with van der Waals surface area (Å²) in [6.07, 6.45) is 5.91. The second kappa shape index (κ2) is 7.28. The molecule has 26 heavy (non-hydrogen) atoms. The largest absolute Gasteiger partial charge is 0.339 e. The lowest BCUT2D eigenvalue weighted by Crippen LogP contribution is -1.93. The number of fused-ring (bicyclic) bond motifs is 3. The molecule has 4 aromatic rings. The molecule has 2 aromatic heterocycles. The number of nitrogens with one attached hydrogen (secondary N) is 1. The Hall–Kier alpha value is -2.68. The summed E-state index contributed by atoms with van der Waals surface area (Å²) < 4.78 is 13.7. The molecule has 2 nitrogen and oxygen atoms in total. The van der Waals surface area contributed by atoms with Crippen LogP contribution in [0.3, 0.4) is 0 Å². The predicted octanol–water partition coefficient (Wildman–Crippen LogP) is 6.65. The SMILES string of the molecule is CCCCCCc1cc(-c2ccccc2)nc2[nH]c3cc(F)ccc3c12. The first-order valence-electron chi connectivity index (χ1n) is 9.42. The first-order chi connectivity index (χ1) is 12.8.